The summed E-state index contributed by atoms with van der Waals surface area (Å²) in [5, 5.41) is 0.284. The predicted molar refractivity (Wildman–Crippen MR) is 71.6 cm³/mol. The minimum absolute atomic E-state index is 0.0453. The van der Waals surface area contributed by atoms with Gasteiger partial charge in [-0.25, -0.2) is 4.98 Å². The molecule has 0 atom stereocenters. The molecule has 96 valence electrons. The van der Waals surface area contributed by atoms with Crippen LogP contribution in [0, 0.1) is 6.92 Å². The van der Waals surface area contributed by atoms with E-state index in [9.17, 15) is 4.79 Å². The summed E-state index contributed by atoms with van der Waals surface area (Å²) in [6.45, 7) is 4.79. The molecule has 0 aliphatic carbocycles. The molecule has 4 heteroatoms. The number of aromatic nitrogens is 2. The first-order chi connectivity index (χ1) is 8.15. The molecule has 3 nitrogen and oxygen atoms in total. The summed E-state index contributed by atoms with van der Waals surface area (Å²) in [6, 6.07) is 1.38. The van der Waals surface area contributed by atoms with Crippen LogP contribution in [0.25, 0.3) is 0 Å². The second-order valence-electron chi connectivity index (χ2n) is 4.38. The highest BCUT2D eigenvalue weighted by Gasteiger charge is 2.03. The maximum Gasteiger partial charge on any atom is 0.254 e. The molecule has 17 heavy (non-hydrogen) atoms. The van der Waals surface area contributed by atoms with Crippen LogP contribution in [0.1, 0.15) is 51.3 Å². The Hall–Kier alpha value is -0.830. The van der Waals surface area contributed by atoms with Gasteiger partial charge in [0.25, 0.3) is 5.56 Å². The Labute approximate surface area is 108 Å². The average Bonchev–Trinajstić information content (AvgIpc) is 2.26. The highest BCUT2D eigenvalue weighted by atomic mass is 35.5. The fourth-order valence-electron chi connectivity index (χ4n) is 1.91. The van der Waals surface area contributed by atoms with Crippen molar-refractivity contribution < 1.29 is 0 Å². The molecule has 0 fully saturated rings. The highest BCUT2D eigenvalue weighted by molar-refractivity contribution is 6.29. The summed E-state index contributed by atoms with van der Waals surface area (Å²) >= 11 is 5.72. The molecule has 0 radical (unpaired) electrons. The lowest BCUT2D eigenvalue weighted by atomic mass is 10.1. The predicted octanol–water partition coefficient (Wildman–Crippen LogP) is 3.57. The minimum atomic E-state index is -0.0453. The van der Waals surface area contributed by atoms with Gasteiger partial charge in [-0.1, -0.05) is 50.6 Å². The number of hydrogen-bond donors (Lipinski definition) is 0. The van der Waals surface area contributed by atoms with E-state index in [2.05, 4.69) is 11.9 Å². The van der Waals surface area contributed by atoms with Crippen LogP contribution in [-0.2, 0) is 6.54 Å². The average molecular weight is 257 g/mol. The van der Waals surface area contributed by atoms with Crippen LogP contribution < -0.4 is 5.56 Å². The molecule has 0 aromatic carbocycles. The van der Waals surface area contributed by atoms with E-state index in [1.165, 1.54) is 38.2 Å². The Kier molecular flexibility index (Phi) is 6.27. The summed E-state index contributed by atoms with van der Waals surface area (Å²) in [7, 11) is 0. The maximum atomic E-state index is 11.7. The Morgan fingerprint density at radius 1 is 1.24 bits per heavy atom. The number of halogens is 1. The van der Waals surface area contributed by atoms with E-state index in [4.69, 9.17) is 11.6 Å². The maximum absolute atomic E-state index is 11.7. The van der Waals surface area contributed by atoms with Crippen molar-refractivity contribution in [2.75, 3.05) is 0 Å². The van der Waals surface area contributed by atoms with Gasteiger partial charge in [-0.2, -0.15) is 0 Å². The number of aryl methyl sites for hydroxylation is 1. The van der Waals surface area contributed by atoms with Gasteiger partial charge in [0.1, 0.15) is 11.0 Å². The van der Waals surface area contributed by atoms with Crippen molar-refractivity contribution in [3.8, 4) is 0 Å². The van der Waals surface area contributed by atoms with Crippen LogP contribution in [0.3, 0.4) is 0 Å². The van der Waals surface area contributed by atoms with E-state index in [0.29, 0.717) is 5.82 Å². The molecule has 0 aliphatic rings. The van der Waals surface area contributed by atoms with Crippen molar-refractivity contribution >= 4 is 11.6 Å². The summed E-state index contributed by atoms with van der Waals surface area (Å²) in [6.07, 6.45) is 7.33. The number of nitrogens with zero attached hydrogens (tertiary/aromatic N) is 2. The Morgan fingerprint density at radius 2 is 1.88 bits per heavy atom. The second kappa shape index (κ2) is 7.49. The Bertz CT molecular complexity index is 401. The van der Waals surface area contributed by atoms with Crippen molar-refractivity contribution in [1.29, 1.82) is 0 Å². The number of hydrogen-bond acceptors (Lipinski definition) is 2. The van der Waals surface area contributed by atoms with Crippen LogP contribution >= 0.6 is 11.6 Å². The molecule has 0 spiro atoms. The lowest BCUT2D eigenvalue weighted by molar-refractivity contribution is 0.536. The largest absolute Gasteiger partial charge is 0.297 e. The fourth-order valence-corrected chi connectivity index (χ4v) is 2.12. The van der Waals surface area contributed by atoms with Crippen LogP contribution in [0.5, 0.6) is 0 Å². The van der Waals surface area contributed by atoms with E-state index < -0.39 is 0 Å². The van der Waals surface area contributed by atoms with Gasteiger partial charge in [-0.15, -0.1) is 0 Å². The first kappa shape index (κ1) is 14.2. The molecule has 0 bridgehead atoms. The molecule has 0 unspecified atom stereocenters. The summed E-state index contributed by atoms with van der Waals surface area (Å²) < 4.78 is 1.70. The zero-order chi connectivity index (χ0) is 12.7. The third-order valence-corrected chi connectivity index (χ3v) is 3.10. The van der Waals surface area contributed by atoms with E-state index >= 15 is 0 Å². The van der Waals surface area contributed by atoms with Gasteiger partial charge in [0.2, 0.25) is 0 Å². The molecule has 0 N–H and O–H groups in total. The summed E-state index contributed by atoms with van der Waals surface area (Å²) in [5.74, 6) is 0.705. The standard InChI is InChI=1S/C13H21ClN2O/c1-3-4-5-6-7-8-9-16-11(2)15-12(14)10-13(16)17/h10H,3-9H2,1-2H3. The van der Waals surface area contributed by atoms with Gasteiger partial charge in [0.15, 0.2) is 0 Å². The molecular formula is C13H21ClN2O. The number of rotatable bonds is 7. The third kappa shape index (κ3) is 4.90. The number of unbranched alkanes of at least 4 members (excludes halogenated alkanes) is 5. The lowest BCUT2D eigenvalue weighted by Gasteiger charge is -2.08. The SMILES string of the molecule is CCCCCCCCn1c(C)nc(Cl)cc1=O. The summed E-state index contributed by atoms with van der Waals surface area (Å²) in [4.78, 5) is 15.8. The van der Waals surface area contributed by atoms with E-state index in [1.54, 1.807) is 4.57 Å². The topological polar surface area (TPSA) is 34.9 Å². The van der Waals surface area contributed by atoms with Crippen molar-refractivity contribution in [1.82, 2.24) is 9.55 Å². The zero-order valence-corrected chi connectivity index (χ0v) is 11.5. The van der Waals surface area contributed by atoms with Gasteiger partial charge in [0, 0.05) is 12.6 Å². The molecule has 1 heterocycles. The van der Waals surface area contributed by atoms with E-state index in [1.807, 2.05) is 6.92 Å². The molecular weight excluding hydrogens is 236 g/mol. The van der Waals surface area contributed by atoms with E-state index in [0.717, 1.165) is 13.0 Å². The molecule has 1 aromatic rings. The quantitative estimate of drug-likeness (QED) is 0.552. The van der Waals surface area contributed by atoms with Gasteiger partial charge in [0.05, 0.1) is 0 Å². The normalized spacial score (nSPS) is 10.8. The molecule has 0 saturated heterocycles. The van der Waals surface area contributed by atoms with Crippen molar-refractivity contribution in [2.45, 2.75) is 58.9 Å². The Morgan fingerprint density at radius 3 is 2.53 bits per heavy atom. The van der Waals surface area contributed by atoms with Crippen LogP contribution in [-0.4, -0.2) is 9.55 Å². The fraction of sp³-hybridized carbons (Fsp3) is 0.692. The zero-order valence-electron chi connectivity index (χ0n) is 10.7. The molecule has 0 saturated carbocycles. The third-order valence-electron chi connectivity index (χ3n) is 2.90. The molecule has 1 aromatic heterocycles. The van der Waals surface area contributed by atoms with Gasteiger partial charge >= 0.3 is 0 Å². The lowest BCUT2D eigenvalue weighted by Crippen LogP contribution is -2.22. The van der Waals surface area contributed by atoms with Crippen molar-refractivity contribution in [3.05, 3.63) is 27.4 Å². The highest BCUT2D eigenvalue weighted by Crippen LogP contribution is 2.07. The van der Waals surface area contributed by atoms with Gasteiger partial charge in [-0.05, 0) is 13.3 Å². The minimum Gasteiger partial charge on any atom is -0.297 e. The second-order valence-corrected chi connectivity index (χ2v) is 4.77. The van der Waals surface area contributed by atoms with Crippen molar-refractivity contribution in [2.24, 2.45) is 0 Å². The summed E-state index contributed by atoms with van der Waals surface area (Å²) in [5.41, 5.74) is -0.0453. The van der Waals surface area contributed by atoms with Crippen LogP contribution in [0.4, 0.5) is 0 Å². The molecule has 1 rings (SSSR count). The monoisotopic (exact) mass is 256 g/mol. The molecule has 0 amide bonds. The molecule has 0 aliphatic heterocycles. The van der Waals surface area contributed by atoms with Crippen molar-refractivity contribution in [3.63, 3.8) is 0 Å². The first-order valence-electron chi connectivity index (χ1n) is 6.39. The van der Waals surface area contributed by atoms with Gasteiger partial charge < -0.3 is 0 Å². The van der Waals surface area contributed by atoms with Gasteiger partial charge in [-0.3, -0.25) is 9.36 Å². The van der Waals surface area contributed by atoms with Crippen LogP contribution in [0.2, 0.25) is 5.15 Å². The smallest absolute Gasteiger partial charge is 0.254 e. The first-order valence-corrected chi connectivity index (χ1v) is 6.77. The van der Waals surface area contributed by atoms with Crippen LogP contribution in [0.15, 0.2) is 10.9 Å². The Balaban J connectivity index is 2.39. The van der Waals surface area contributed by atoms with E-state index in [-0.39, 0.29) is 10.7 Å².